The van der Waals surface area contributed by atoms with Gasteiger partial charge in [0.15, 0.2) is 9.84 Å². The predicted molar refractivity (Wildman–Crippen MR) is 71.1 cm³/mol. The van der Waals surface area contributed by atoms with Crippen LogP contribution in [0.15, 0.2) is 18.5 Å². The van der Waals surface area contributed by atoms with Gasteiger partial charge < -0.3 is 5.32 Å². The fraction of sp³-hybridized carbons (Fsp3) is 0.750. The van der Waals surface area contributed by atoms with E-state index in [-0.39, 0.29) is 17.3 Å². The molecule has 0 saturated heterocycles. The third-order valence-electron chi connectivity index (χ3n) is 3.52. The molecule has 1 heterocycles. The molecule has 1 aromatic heterocycles. The first-order valence-electron chi connectivity index (χ1n) is 6.39. The summed E-state index contributed by atoms with van der Waals surface area (Å²) in [5, 5.41) is 7.37. The van der Waals surface area contributed by atoms with Gasteiger partial charge in [-0.3, -0.25) is 4.68 Å². The van der Waals surface area contributed by atoms with Crippen LogP contribution in [0.5, 0.6) is 0 Å². The van der Waals surface area contributed by atoms with Crippen molar-refractivity contribution in [2.75, 3.05) is 6.26 Å². The molecule has 0 radical (unpaired) electrons. The molecule has 0 amide bonds. The van der Waals surface area contributed by atoms with Gasteiger partial charge in [-0.2, -0.15) is 5.10 Å². The molecule has 0 aromatic carbocycles. The maximum Gasteiger partial charge on any atom is 0.151 e. The Kier molecular flexibility index (Phi) is 4.07. The van der Waals surface area contributed by atoms with E-state index in [9.17, 15) is 8.42 Å². The van der Waals surface area contributed by atoms with Crippen molar-refractivity contribution in [2.45, 2.75) is 50.1 Å². The molecule has 5 nitrogen and oxygen atoms in total. The van der Waals surface area contributed by atoms with Crippen molar-refractivity contribution in [3.05, 3.63) is 18.5 Å². The highest BCUT2D eigenvalue weighted by Crippen LogP contribution is 2.25. The van der Waals surface area contributed by atoms with E-state index in [2.05, 4.69) is 17.3 Å². The molecule has 6 heteroatoms. The summed E-state index contributed by atoms with van der Waals surface area (Å²) >= 11 is 0. The molecule has 0 aliphatic heterocycles. The summed E-state index contributed by atoms with van der Waals surface area (Å²) in [7, 11) is -2.94. The van der Waals surface area contributed by atoms with Gasteiger partial charge >= 0.3 is 0 Å². The highest BCUT2D eigenvalue weighted by Gasteiger charge is 2.35. The van der Waals surface area contributed by atoms with Gasteiger partial charge in [-0.15, -0.1) is 0 Å². The van der Waals surface area contributed by atoms with E-state index in [4.69, 9.17) is 0 Å². The first-order chi connectivity index (χ1) is 8.47. The van der Waals surface area contributed by atoms with Crippen LogP contribution in [0.1, 0.15) is 26.2 Å². The monoisotopic (exact) mass is 271 g/mol. The largest absolute Gasteiger partial charge is 0.308 e. The lowest BCUT2D eigenvalue weighted by Crippen LogP contribution is -2.45. The van der Waals surface area contributed by atoms with E-state index >= 15 is 0 Å². The van der Waals surface area contributed by atoms with Crippen LogP contribution in [0, 0.1) is 0 Å². The highest BCUT2D eigenvalue weighted by molar-refractivity contribution is 7.91. The van der Waals surface area contributed by atoms with E-state index in [1.165, 1.54) is 6.26 Å². The zero-order valence-electron chi connectivity index (χ0n) is 10.9. The molecule has 18 heavy (non-hydrogen) atoms. The summed E-state index contributed by atoms with van der Waals surface area (Å²) in [4.78, 5) is 0. The molecular formula is C12H21N3O2S. The quantitative estimate of drug-likeness (QED) is 0.861. The molecule has 1 saturated carbocycles. The molecule has 0 spiro atoms. The zero-order chi connectivity index (χ0) is 13.2. The fourth-order valence-electron chi connectivity index (χ4n) is 2.74. The van der Waals surface area contributed by atoms with Gasteiger partial charge in [0, 0.05) is 30.7 Å². The number of sulfone groups is 1. The summed E-state index contributed by atoms with van der Waals surface area (Å²) < 4.78 is 25.2. The van der Waals surface area contributed by atoms with Gasteiger partial charge in [0.1, 0.15) is 0 Å². The van der Waals surface area contributed by atoms with Crippen LogP contribution < -0.4 is 5.32 Å². The molecule has 1 aromatic rings. The lowest BCUT2D eigenvalue weighted by atomic mass is 10.2. The molecule has 3 unspecified atom stereocenters. The Morgan fingerprint density at radius 3 is 2.89 bits per heavy atom. The van der Waals surface area contributed by atoms with E-state index < -0.39 is 9.84 Å². The second-order valence-electron chi connectivity index (χ2n) is 5.20. The van der Waals surface area contributed by atoms with Crippen molar-refractivity contribution in [3.8, 4) is 0 Å². The van der Waals surface area contributed by atoms with Gasteiger partial charge in [0.2, 0.25) is 0 Å². The Bertz CT molecular complexity index is 470. The van der Waals surface area contributed by atoms with Crippen LogP contribution in [0.25, 0.3) is 0 Å². The Morgan fingerprint density at radius 2 is 2.28 bits per heavy atom. The summed E-state index contributed by atoms with van der Waals surface area (Å²) in [6.07, 6.45) is 7.73. The standard InChI is InChI=1S/C12H21N3O2S/c1-10(9-15-8-4-7-13-15)14-11-5-3-6-12(11)18(2,16)17/h4,7-8,10-12,14H,3,5-6,9H2,1-2H3. The van der Waals surface area contributed by atoms with Crippen LogP contribution in [0.2, 0.25) is 0 Å². The van der Waals surface area contributed by atoms with Gasteiger partial charge in [0.05, 0.1) is 11.8 Å². The van der Waals surface area contributed by atoms with Crippen molar-refractivity contribution in [3.63, 3.8) is 0 Å². The van der Waals surface area contributed by atoms with E-state index in [1.807, 2.05) is 16.9 Å². The van der Waals surface area contributed by atoms with E-state index in [0.717, 1.165) is 25.8 Å². The number of aromatic nitrogens is 2. The normalized spacial score (nSPS) is 26.3. The first-order valence-corrected chi connectivity index (χ1v) is 8.34. The van der Waals surface area contributed by atoms with E-state index in [1.54, 1.807) is 6.20 Å². The highest BCUT2D eigenvalue weighted by atomic mass is 32.2. The lowest BCUT2D eigenvalue weighted by molar-refractivity contribution is 0.395. The molecule has 102 valence electrons. The smallest absolute Gasteiger partial charge is 0.151 e. The molecule has 1 N–H and O–H groups in total. The summed E-state index contributed by atoms with van der Waals surface area (Å²) in [6.45, 7) is 2.83. The Morgan fingerprint density at radius 1 is 1.50 bits per heavy atom. The van der Waals surface area contributed by atoms with Crippen molar-refractivity contribution in [1.82, 2.24) is 15.1 Å². The minimum absolute atomic E-state index is 0.0885. The van der Waals surface area contributed by atoms with Crippen molar-refractivity contribution >= 4 is 9.84 Å². The average Bonchev–Trinajstić information content (AvgIpc) is 2.87. The summed E-state index contributed by atoms with van der Waals surface area (Å²) in [5.41, 5.74) is 0. The number of rotatable bonds is 5. The van der Waals surface area contributed by atoms with Gasteiger partial charge in [-0.1, -0.05) is 6.42 Å². The van der Waals surface area contributed by atoms with Crippen LogP contribution in [0.4, 0.5) is 0 Å². The second kappa shape index (κ2) is 5.40. The zero-order valence-corrected chi connectivity index (χ0v) is 11.7. The lowest BCUT2D eigenvalue weighted by Gasteiger charge is -2.24. The van der Waals surface area contributed by atoms with Crippen molar-refractivity contribution in [2.24, 2.45) is 0 Å². The van der Waals surface area contributed by atoms with Crippen LogP contribution in [0.3, 0.4) is 0 Å². The molecule has 1 aliphatic rings. The van der Waals surface area contributed by atoms with Crippen molar-refractivity contribution < 1.29 is 8.42 Å². The van der Waals surface area contributed by atoms with Crippen LogP contribution in [-0.2, 0) is 16.4 Å². The Labute approximate surface area is 108 Å². The maximum absolute atomic E-state index is 11.7. The maximum atomic E-state index is 11.7. The van der Waals surface area contributed by atoms with Crippen molar-refractivity contribution in [1.29, 1.82) is 0 Å². The Hall–Kier alpha value is -0.880. The Balaban J connectivity index is 1.92. The third kappa shape index (κ3) is 3.32. The molecule has 0 bridgehead atoms. The molecule has 1 fully saturated rings. The number of nitrogens with one attached hydrogen (secondary N) is 1. The first kappa shape index (κ1) is 13.5. The summed E-state index contributed by atoms with van der Waals surface area (Å²) in [5.74, 6) is 0. The SMILES string of the molecule is CC(Cn1cccn1)NC1CCCC1S(C)(=O)=O. The number of hydrogen-bond acceptors (Lipinski definition) is 4. The second-order valence-corrected chi connectivity index (χ2v) is 7.47. The molecule has 3 atom stereocenters. The average molecular weight is 271 g/mol. The number of nitrogens with zero attached hydrogens (tertiary/aromatic N) is 2. The van der Waals surface area contributed by atoms with E-state index in [0.29, 0.717) is 0 Å². The fourth-order valence-corrected chi connectivity index (χ4v) is 4.14. The van der Waals surface area contributed by atoms with Crippen LogP contribution >= 0.6 is 0 Å². The predicted octanol–water partition coefficient (Wildman–Crippen LogP) is 0.827. The minimum Gasteiger partial charge on any atom is -0.308 e. The molecule has 1 aliphatic carbocycles. The molecular weight excluding hydrogens is 250 g/mol. The van der Waals surface area contributed by atoms with Gasteiger partial charge in [-0.25, -0.2) is 8.42 Å². The van der Waals surface area contributed by atoms with Gasteiger partial charge in [0.25, 0.3) is 0 Å². The molecule has 2 rings (SSSR count). The van der Waals surface area contributed by atoms with Gasteiger partial charge in [-0.05, 0) is 25.8 Å². The topological polar surface area (TPSA) is 64.0 Å². The third-order valence-corrected chi connectivity index (χ3v) is 5.19. The number of hydrogen-bond donors (Lipinski definition) is 1. The van der Waals surface area contributed by atoms with Crippen LogP contribution in [-0.4, -0.2) is 41.8 Å². The summed E-state index contributed by atoms with van der Waals surface area (Å²) in [6, 6.07) is 2.20. The minimum atomic E-state index is -2.94.